The van der Waals surface area contributed by atoms with Crippen LogP contribution >= 0.6 is 12.4 Å². The van der Waals surface area contributed by atoms with Gasteiger partial charge in [0.25, 0.3) is 0 Å². The Bertz CT molecular complexity index is 773. The zero-order chi connectivity index (χ0) is 18.0. The van der Waals surface area contributed by atoms with Gasteiger partial charge in [-0.3, -0.25) is 0 Å². The van der Waals surface area contributed by atoms with Crippen molar-refractivity contribution >= 4 is 18.0 Å². The predicted octanol–water partition coefficient (Wildman–Crippen LogP) is 5.38. The molecule has 0 bridgehead atoms. The van der Waals surface area contributed by atoms with E-state index in [9.17, 15) is 0 Å². The van der Waals surface area contributed by atoms with E-state index in [-0.39, 0.29) is 12.4 Å². The van der Waals surface area contributed by atoms with Crippen molar-refractivity contribution in [2.45, 2.75) is 6.42 Å². The van der Waals surface area contributed by atoms with E-state index in [1.165, 1.54) is 22.3 Å². The van der Waals surface area contributed by atoms with Crippen molar-refractivity contribution in [3.05, 3.63) is 108 Å². The van der Waals surface area contributed by atoms with Crippen molar-refractivity contribution in [3.63, 3.8) is 0 Å². The van der Waals surface area contributed by atoms with Crippen LogP contribution in [0.15, 0.2) is 91.0 Å². The van der Waals surface area contributed by atoms with Crippen LogP contribution in [-0.4, -0.2) is 20.2 Å². The summed E-state index contributed by atoms with van der Waals surface area (Å²) in [6.45, 7) is 1.79. The SMILES string of the molecule is COc1ccc(CCNCC=C(c2ccccc2)c2ccccc2)cc1.Cl. The summed E-state index contributed by atoms with van der Waals surface area (Å²) < 4.78 is 5.20. The fourth-order valence-corrected chi connectivity index (χ4v) is 2.94. The summed E-state index contributed by atoms with van der Waals surface area (Å²) in [5.74, 6) is 0.903. The van der Waals surface area contributed by atoms with Crippen LogP contribution in [0.1, 0.15) is 16.7 Å². The molecule has 1 N–H and O–H groups in total. The maximum absolute atomic E-state index is 5.20. The zero-order valence-corrected chi connectivity index (χ0v) is 16.4. The van der Waals surface area contributed by atoms with Gasteiger partial charge in [-0.25, -0.2) is 0 Å². The Balaban J connectivity index is 0.00000261. The molecular weight excluding hydrogens is 354 g/mol. The van der Waals surface area contributed by atoms with Crippen LogP contribution in [0.5, 0.6) is 5.75 Å². The summed E-state index contributed by atoms with van der Waals surface area (Å²) in [7, 11) is 1.69. The Hall–Kier alpha value is -2.55. The lowest BCUT2D eigenvalue weighted by atomic mass is 9.97. The minimum absolute atomic E-state index is 0. The van der Waals surface area contributed by atoms with Crippen LogP contribution in [0.4, 0.5) is 0 Å². The first-order valence-corrected chi connectivity index (χ1v) is 9.01. The van der Waals surface area contributed by atoms with Crippen LogP contribution in [-0.2, 0) is 6.42 Å². The Morgan fingerprint density at radius 1 is 0.815 bits per heavy atom. The summed E-state index contributed by atoms with van der Waals surface area (Å²) in [5.41, 5.74) is 5.07. The van der Waals surface area contributed by atoms with Gasteiger partial charge in [0.15, 0.2) is 0 Å². The number of ether oxygens (including phenoxy) is 1. The van der Waals surface area contributed by atoms with Gasteiger partial charge in [0.1, 0.15) is 5.75 Å². The molecule has 3 aromatic carbocycles. The van der Waals surface area contributed by atoms with Crippen LogP contribution in [0.2, 0.25) is 0 Å². The monoisotopic (exact) mass is 379 g/mol. The van der Waals surface area contributed by atoms with Crippen molar-refractivity contribution in [1.82, 2.24) is 5.32 Å². The highest BCUT2D eigenvalue weighted by Crippen LogP contribution is 2.22. The fraction of sp³-hybridized carbons (Fsp3) is 0.167. The molecule has 0 heterocycles. The third kappa shape index (κ3) is 6.28. The molecule has 2 nitrogen and oxygen atoms in total. The van der Waals surface area contributed by atoms with Crippen molar-refractivity contribution in [2.24, 2.45) is 0 Å². The molecule has 3 rings (SSSR count). The number of methoxy groups -OCH3 is 1. The summed E-state index contributed by atoms with van der Waals surface area (Å²) in [6, 6.07) is 29.4. The van der Waals surface area contributed by atoms with Crippen molar-refractivity contribution in [1.29, 1.82) is 0 Å². The summed E-state index contributed by atoms with van der Waals surface area (Å²) in [5, 5.41) is 3.52. The summed E-state index contributed by atoms with van der Waals surface area (Å²) in [4.78, 5) is 0. The highest BCUT2D eigenvalue weighted by molar-refractivity contribution is 5.85. The van der Waals surface area contributed by atoms with E-state index in [1.54, 1.807) is 7.11 Å². The first-order valence-electron chi connectivity index (χ1n) is 9.01. The normalized spacial score (nSPS) is 9.96. The molecule has 0 aliphatic rings. The first kappa shape index (κ1) is 20.8. The molecule has 27 heavy (non-hydrogen) atoms. The van der Waals surface area contributed by atoms with E-state index in [1.807, 2.05) is 12.1 Å². The number of rotatable bonds is 8. The molecule has 0 atom stereocenters. The van der Waals surface area contributed by atoms with E-state index in [2.05, 4.69) is 84.2 Å². The Labute approximate surface area is 168 Å². The average Bonchev–Trinajstić information content (AvgIpc) is 2.72. The highest BCUT2D eigenvalue weighted by atomic mass is 35.5. The molecular formula is C24H26ClNO. The van der Waals surface area contributed by atoms with E-state index in [4.69, 9.17) is 4.74 Å². The zero-order valence-electron chi connectivity index (χ0n) is 15.6. The maximum atomic E-state index is 5.20. The molecule has 0 saturated carbocycles. The van der Waals surface area contributed by atoms with Crippen molar-refractivity contribution in [2.75, 3.05) is 20.2 Å². The van der Waals surface area contributed by atoms with E-state index in [0.29, 0.717) is 0 Å². The molecule has 0 unspecified atom stereocenters. The molecule has 0 spiro atoms. The number of hydrogen-bond acceptors (Lipinski definition) is 2. The molecule has 0 aromatic heterocycles. The van der Waals surface area contributed by atoms with Crippen molar-refractivity contribution < 1.29 is 4.74 Å². The lowest BCUT2D eigenvalue weighted by Crippen LogP contribution is -2.17. The number of benzene rings is 3. The molecule has 0 aliphatic carbocycles. The largest absolute Gasteiger partial charge is 0.497 e. The van der Waals surface area contributed by atoms with Gasteiger partial charge in [0.05, 0.1) is 7.11 Å². The van der Waals surface area contributed by atoms with Crippen LogP contribution in [0.25, 0.3) is 5.57 Å². The quantitative estimate of drug-likeness (QED) is 0.530. The lowest BCUT2D eigenvalue weighted by Gasteiger charge is -2.09. The van der Waals surface area contributed by atoms with Gasteiger partial charge in [-0.2, -0.15) is 0 Å². The molecule has 0 aliphatic heterocycles. The third-order valence-electron chi connectivity index (χ3n) is 4.37. The second-order valence-corrected chi connectivity index (χ2v) is 6.15. The van der Waals surface area contributed by atoms with Crippen LogP contribution in [0, 0.1) is 0 Å². The third-order valence-corrected chi connectivity index (χ3v) is 4.37. The maximum Gasteiger partial charge on any atom is 0.118 e. The van der Waals surface area contributed by atoms with Gasteiger partial charge in [0.2, 0.25) is 0 Å². The molecule has 3 heteroatoms. The second kappa shape index (κ2) is 11.2. The minimum Gasteiger partial charge on any atom is -0.497 e. The Morgan fingerprint density at radius 3 is 1.89 bits per heavy atom. The number of nitrogens with one attached hydrogen (secondary N) is 1. The van der Waals surface area contributed by atoms with Crippen LogP contribution in [0.3, 0.4) is 0 Å². The molecule has 0 amide bonds. The molecule has 0 radical (unpaired) electrons. The first-order chi connectivity index (χ1) is 12.9. The van der Waals surface area contributed by atoms with Gasteiger partial charge in [0, 0.05) is 6.54 Å². The average molecular weight is 380 g/mol. The van der Waals surface area contributed by atoms with Gasteiger partial charge in [-0.15, -0.1) is 12.4 Å². The molecule has 0 fully saturated rings. The molecule has 0 saturated heterocycles. The predicted molar refractivity (Wildman–Crippen MR) is 117 cm³/mol. The fourth-order valence-electron chi connectivity index (χ4n) is 2.94. The highest BCUT2D eigenvalue weighted by Gasteiger charge is 2.03. The molecule has 3 aromatic rings. The van der Waals surface area contributed by atoms with Crippen molar-refractivity contribution in [3.8, 4) is 5.75 Å². The smallest absolute Gasteiger partial charge is 0.118 e. The second-order valence-electron chi connectivity index (χ2n) is 6.15. The summed E-state index contributed by atoms with van der Waals surface area (Å²) >= 11 is 0. The van der Waals surface area contributed by atoms with Crippen LogP contribution < -0.4 is 10.1 Å². The Morgan fingerprint density at radius 2 is 1.37 bits per heavy atom. The minimum atomic E-state index is 0. The van der Waals surface area contributed by atoms with Gasteiger partial charge < -0.3 is 10.1 Å². The van der Waals surface area contributed by atoms with Gasteiger partial charge in [-0.05, 0) is 47.4 Å². The van der Waals surface area contributed by atoms with E-state index in [0.717, 1.165) is 25.3 Å². The number of halogens is 1. The van der Waals surface area contributed by atoms with Gasteiger partial charge in [-0.1, -0.05) is 78.9 Å². The van der Waals surface area contributed by atoms with E-state index < -0.39 is 0 Å². The summed E-state index contributed by atoms with van der Waals surface area (Å²) in [6.07, 6.45) is 3.28. The topological polar surface area (TPSA) is 21.3 Å². The molecule has 140 valence electrons. The van der Waals surface area contributed by atoms with E-state index >= 15 is 0 Å². The van der Waals surface area contributed by atoms with Gasteiger partial charge >= 0.3 is 0 Å². The lowest BCUT2D eigenvalue weighted by molar-refractivity contribution is 0.414. The standard InChI is InChI=1S/C24H25NO.ClH/c1-26-23-14-12-20(13-15-23)16-18-25-19-17-24(21-8-4-2-5-9-21)22-10-6-3-7-11-22;/h2-15,17,25H,16,18-19H2,1H3;1H. The Kier molecular flexibility index (Phi) is 8.63. The number of hydrogen-bond donors (Lipinski definition) is 1.